The molecule has 3 aromatic carbocycles. The maximum absolute atomic E-state index is 13.8. The van der Waals surface area contributed by atoms with Crippen molar-refractivity contribution in [3.63, 3.8) is 0 Å². The van der Waals surface area contributed by atoms with E-state index in [4.69, 9.17) is 9.72 Å². The summed E-state index contributed by atoms with van der Waals surface area (Å²) in [6, 6.07) is 17.9. The SMILES string of the molecule is CCCCn1c2cc(NC(=O)[C@@H]3CCCN3C(=O)[C@H](NC(=O)O)c3ccccc3)ccc2c2ccc(-c3c[nH]c([C@@H]4CCCN4C(=O)[C@@H](NC(=O)OC)C(C)C)n3)cc21. The topological polar surface area (TPSA) is 191 Å². The first-order chi connectivity index (χ1) is 28.5. The number of hydrogen-bond donors (Lipinski definition) is 5. The molecule has 5 aromatic rings. The molecule has 2 fully saturated rings. The summed E-state index contributed by atoms with van der Waals surface area (Å²) in [4.78, 5) is 76.7. The van der Waals surface area contributed by atoms with E-state index in [1.807, 2.05) is 44.3 Å². The van der Waals surface area contributed by atoms with Crippen molar-refractivity contribution in [1.82, 2.24) is 35.0 Å². The number of imidazole rings is 1. The van der Waals surface area contributed by atoms with Crippen LogP contribution in [0.5, 0.6) is 0 Å². The van der Waals surface area contributed by atoms with Gasteiger partial charge in [-0.25, -0.2) is 14.6 Å². The Bertz CT molecular complexity index is 2350. The van der Waals surface area contributed by atoms with Gasteiger partial charge in [0.2, 0.25) is 11.8 Å². The zero-order chi connectivity index (χ0) is 41.8. The number of carbonyl (C=O) groups is 5. The molecular weight excluding hydrogens is 753 g/mol. The van der Waals surface area contributed by atoms with Gasteiger partial charge in [-0.2, -0.15) is 0 Å². The van der Waals surface area contributed by atoms with Crippen molar-refractivity contribution < 1.29 is 33.8 Å². The minimum atomic E-state index is -1.32. The van der Waals surface area contributed by atoms with E-state index in [1.54, 1.807) is 35.2 Å². The zero-order valence-corrected chi connectivity index (χ0v) is 33.9. The van der Waals surface area contributed by atoms with E-state index in [2.05, 4.69) is 44.6 Å². The van der Waals surface area contributed by atoms with E-state index >= 15 is 0 Å². The normalized spacial score (nSPS) is 17.6. The van der Waals surface area contributed by atoms with E-state index in [1.165, 1.54) is 12.0 Å². The number of alkyl carbamates (subject to hydrolysis) is 1. The highest BCUT2D eigenvalue weighted by Crippen LogP contribution is 2.36. The minimum Gasteiger partial charge on any atom is -0.465 e. The van der Waals surface area contributed by atoms with Gasteiger partial charge in [0.25, 0.3) is 5.91 Å². The minimum absolute atomic E-state index is 0.134. The lowest BCUT2D eigenvalue weighted by Crippen LogP contribution is -2.51. The van der Waals surface area contributed by atoms with Crippen molar-refractivity contribution in [3.8, 4) is 11.3 Å². The highest BCUT2D eigenvalue weighted by Gasteiger charge is 2.39. The number of carbonyl (C=O) groups excluding carboxylic acids is 4. The van der Waals surface area contributed by atoms with E-state index in [0.717, 1.165) is 65.3 Å². The third-order valence-corrected chi connectivity index (χ3v) is 11.5. The fraction of sp³-hybridized carbons (Fsp3) is 0.409. The highest BCUT2D eigenvalue weighted by molar-refractivity contribution is 6.10. The Hall–Kier alpha value is -6.38. The Kier molecular flexibility index (Phi) is 12.2. The van der Waals surface area contributed by atoms with Gasteiger partial charge in [-0.05, 0) is 61.8 Å². The third kappa shape index (κ3) is 8.45. The van der Waals surface area contributed by atoms with Gasteiger partial charge in [-0.15, -0.1) is 0 Å². The summed E-state index contributed by atoms with van der Waals surface area (Å²) in [6.07, 6.45) is 4.46. The first-order valence-electron chi connectivity index (χ1n) is 20.4. The number of methoxy groups -OCH3 is 1. The molecule has 5 amide bonds. The van der Waals surface area contributed by atoms with Crippen molar-refractivity contribution in [2.24, 2.45) is 5.92 Å². The smallest absolute Gasteiger partial charge is 0.407 e. The average molecular weight is 805 g/mol. The number of benzene rings is 3. The number of rotatable bonds is 13. The van der Waals surface area contributed by atoms with Gasteiger partial charge in [-0.3, -0.25) is 14.4 Å². The average Bonchev–Trinajstić information content (AvgIpc) is 4.06. The van der Waals surface area contributed by atoms with Crippen LogP contribution in [0.4, 0.5) is 15.3 Å². The molecule has 310 valence electrons. The van der Waals surface area contributed by atoms with Gasteiger partial charge in [0.15, 0.2) is 0 Å². The predicted molar refractivity (Wildman–Crippen MR) is 223 cm³/mol. The molecule has 0 unspecified atom stereocenters. The Morgan fingerprint density at radius 1 is 0.898 bits per heavy atom. The summed E-state index contributed by atoms with van der Waals surface area (Å²) in [5.74, 6) is -0.401. The van der Waals surface area contributed by atoms with Crippen molar-refractivity contribution in [2.45, 2.75) is 90.0 Å². The summed E-state index contributed by atoms with van der Waals surface area (Å²) in [6.45, 7) is 7.58. The number of aromatic nitrogens is 3. The number of likely N-dealkylation sites (tertiary alicyclic amines) is 2. The number of aromatic amines is 1. The van der Waals surface area contributed by atoms with E-state index in [-0.39, 0.29) is 23.8 Å². The lowest BCUT2D eigenvalue weighted by molar-refractivity contribution is -0.138. The van der Waals surface area contributed by atoms with Gasteiger partial charge in [0, 0.05) is 53.4 Å². The fourth-order valence-corrected chi connectivity index (χ4v) is 8.49. The maximum Gasteiger partial charge on any atom is 0.407 e. The van der Waals surface area contributed by atoms with E-state index in [0.29, 0.717) is 43.0 Å². The number of ether oxygens (including phenoxy) is 1. The molecule has 2 aliphatic rings. The molecule has 15 heteroatoms. The van der Waals surface area contributed by atoms with Gasteiger partial charge in [0.1, 0.15) is 23.9 Å². The molecule has 15 nitrogen and oxygen atoms in total. The molecular formula is C44H52N8O7. The Balaban J connectivity index is 1.13. The number of amides is 5. The van der Waals surface area contributed by atoms with Crippen molar-refractivity contribution in [3.05, 3.63) is 84.3 Å². The Morgan fingerprint density at radius 2 is 1.61 bits per heavy atom. The van der Waals surface area contributed by atoms with E-state index in [9.17, 15) is 29.1 Å². The second-order valence-electron chi connectivity index (χ2n) is 15.7. The van der Waals surface area contributed by atoms with Crippen LogP contribution in [0.3, 0.4) is 0 Å². The molecule has 2 saturated heterocycles. The van der Waals surface area contributed by atoms with Gasteiger partial charge >= 0.3 is 12.2 Å². The first kappa shape index (κ1) is 40.8. The van der Waals surface area contributed by atoms with Crippen molar-refractivity contribution in [2.75, 3.05) is 25.5 Å². The van der Waals surface area contributed by atoms with Crippen LogP contribution >= 0.6 is 0 Å². The first-order valence-corrected chi connectivity index (χ1v) is 20.4. The number of anilines is 1. The summed E-state index contributed by atoms with van der Waals surface area (Å²) in [7, 11) is 1.28. The molecule has 0 aliphatic carbocycles. The standard InChI is InChI=1S/C44H52N8O7/c1-5-6-20-50-35-23-28(32-25-45-39(47-32)33-14-10-21-51(33)41(54)37(26(2)3)49-44(58)59-4)16-18-30(35)31-19-17-29(24-36(31)50)46-40(53)34-15-11-22-52(34)42(55)38(48-43(56)57)27-12-8-7-9-13-27/h7-9,12-13,16-19,23-26,33-34,37-38,48H,5-6,10-11,14-15,20-22H2,1-4H3,(H,45,47)(H,46,53)(H,49,58)(H,56,57)/t33-,34-,37-,38+/m0/s1. The summed E-state index contributed by atoms with van der Waals surface area (Å²) < 4.78 is 7.05. The van der Waals surface area contributed by atoms with Gasteiger partial charge in [-0.1, -0.05) is 75.7 Å². The van der Waals surface area contributed by atoms with Gasteiger partial charge < -0.3 is 45.1 Å². The maximum atomic E-state index is 13.8. The van der Waals surface area contributed by atoms with Crippen LogP contribution in [0, 0.1) is 5.92 Å². The number of H-pyrrole nitrogens is 1. The van der Waals surface area contributed by atoms with Crippen LogP contribution < -0.4 is 16.0 Å². The lowest BCUT2D eigenvalue weighted by atomic mass is 10.0. The number of hydrogen-bond acceptors (Lipinski definition) is 7. The molecule has 59 heavy (non-hydrogen) atoms. The predicted octanol–water partition coefficient (Wildman–Crippen LogP) is 6.97. The molecule has 0 saturated carbocycles. The molecule has 4 heterocycles. The molecule has 2 aliphatic heterocycles. The van der Waals surface area contributed by atoms with Crippen LogP contribution in [0.2, 0.25) is 0 Å². The van der Waals surface area contributed by atoms with Crippen LogP contribution in [0.15, 0.2) is 72.9 Å². The number of carboxylic acid groups (broad SMARTS) is 1. The number of unbranched alkanes of at least 4 members (excludes halogenated alkanes) is 1. The molecule has 7 rings (SSSR count). The monoisotopic (exact) mass is 804 g/mol. The van der Waals surface area contributed by atoms with E-state index < -0.39 is 36.2 Å². The second kappa shape index (κ2) is 17.6. The molecule has 0 radical (unpaired) electrons. The van der Waals surface area contributed by atoms with Gasteiger partial charge in [0.05, 0.1) is 24.4 Å². The number of aryl methyl sites for hydroxylation is 1. The van der Waals surface area contributed by atoms with Crippen LogP contribution in [0.1, 0.15) is 82.8 Å². The second-order valence-corrected chi connectivity index (χ2v) is 15.7. The fourth-order valence-electron chi connectivity index (χ4n) is 8.49. The quantitative estimate of drug-likeness (QED) is 0.0843. The molecule has 0 spiro atoms. The van der Waals surface area contributed by atoms with Crippen LogP contribution in [-0.2, 0) is 25.7 Å². The lowest BCUT2D eigenvalue weighted by Gasteiger charge is -2.29. The van der Waals surface area contributed by atoms with Crippen molar-refractivity contribution in [1.29, 1.82) is 0 Å². The zero-order valence-electron chi connectivity index (χ0n) is 33.9. The molecule has 2 aromatic heterocycles. The highest BCUT2D eigenvalue weighted by atomic mass is 16.5. The summed E-state index contributed by atoms with van der Waals surface area (Å²) >= 11 is 0. The summed E-state index contributed by atoms with van der Waals surface area (Å²) in [5.41, 5.74) is 4.75. The number of nitrogens with one attached hydrogen (secondary N) is 4. The Labute approximate surface area is 342 Å². The summed E-state index contributed by atoms with van der Waals surface area (Å²) in [5, 5.41) is 19.7. The number of nitrogens with zero attached hydrogens (tertiary/aromatic N) is 4. The van der Waals surface area contributed by atoms with Crippen molar-refractivity contribution >= 4 is 57.4 Å². The van der Waals surface area contributed by atoms with Crippen LogP contribution in [-0.4, -0.2) is 91.6 Å². The Morgan fingerprint density at radius 3 is 2.32 bits per heavy atom. The third-order valence-electron chi connectivity index (χ3n) is 11.5. The number of fused-ring (bicyclic) bond motifs is 3. The largest absolute Gasteiger partial charge is 0.465 e. The molecule has 0 bridgehead atoms. The molecule has 5 N–H and O–H groups in total. The van der Waals surface area contributed by atoms with Crippen LogP contribution in [0.25, 0.3) is 33.1 Å². The molecule has 4 atom stereocenters.